The van der Waals surface area contributed by atoms with Crippen molar-refractivity contribution in [3.8, 4) is 5.75 Å². The van der Waals surface area contributed by atoms with E-state index in [0.29, 0.717) is 36.1 Å². The van der Waals surface area contributed by atoms with Gasteiger partial charge in [-0.05, 0) is 43.5 Å². The summed E-state index contributed by atoms with van der Waals surface area (Å²) in [5.41, 5.74) is 11.4. The molecule has 0 saturated heterocycles. The Morgan fingerprint density at radius 3 is 2.57 bits per heavy atom. The van der Waals surface area contributed by atoms with Crippen molar-refractivity contribution in [3.05, 3.63) is 41.5 Å². The van der Waals surface area contributed by atoms with Crippen molar-refractivity contribution in [1.29, 1.82) is 0 Å². The molecule has 1 fully saturated rings. The van der Waals surface area contributed by atoms with Crippen LogP contribution in [0.25, 0.3) is 0 Å². The van der Waals surface area contributed by atoms with Gasteiger partial charge in [0.25, 0.3) is 0 Å². The Morgan fingerprint density at radius 2 is 2.00 bits per heavy atom. The maximum Gasteiger partial charge on any atom is 0.248 e. The number of hydrogen-bond donors (Lipinski definition) is 2. The Hall–Kier alpha value is -2.12. The van der Waals surface area contributed by atoms with Crippen molar-refractivity contribution >= 4 is 18.3 Å². The summed E-state index contributed by atoms with van der Waals surface area (Å²) in [4.78, 5) is 15.3. The first-order chi connectivity index (χ1) is 10.6. The molecule has 4 N–H and O–H groups in total. The number of halogens is 1. The van der Waals surface area contributed by atoms with E-state index in [0.717, 1.165) is 19.3 Å². The van der Waals surface area contributed by atoms with Crippen LogP contribution < -0.4 is 16.2 Å². The van der Waals surface area contributed by atoms with E-state index in [1.54, 1.807) is 24.3 Å². The fraction of sp³-hybridized carbons (Fsp3) is 0.400. The minimum atomic E-state index is -0.461. The van der Waals surface area contributed by atoms with Gasteiger partial charge in [0, 0.05) is 5.56 Å². The lowest BCUT2D eigenvalue weighted by molar-refractivity contribution is 0.100. The van der Waals surface area contributed by atoms with Gasteiger partial charge in [0.2, 0.25) is 11.8 Å². The largest absolute Gasteiger partial charge is 0.493 e. The average molecular weight is 339 g/mol. The zero-order valence-corrected chi connectivity index (χ0v) is 13.3. The lowest BCUT2D eigenvalue weighted by Gasteiger charge is -2.34. The minimum Gasteiger partial charge on any atom is -0.493 e. The van der Waals surface area contributed by atoms with E-state index in [-0.39, 0.29) is 12.4 Å². The number of aromatic nitrogens is 2. The van der Waals surface area contributed by atoms with Crippen molar-refractivity contribution in [2.24, 2.45) is 11.5 Å². The molecule has 0 atom stereocenters. The van der Waals surface area contributed by atoms with Gasteiger partial charge in [-0.2, -0.15) is 4.98 Å². The second kappa shape index (κ2) is 6.97. The summed E-state index contributed by atoms with van der Waals surface area (Å²) in [5, 5.41) is 3.95. The molecule has 8 heteroatoms. The zero-order chi connectivity index (χ0) is 15.6. The van der Waals surface area contributed by atoms with Crippen LogP contribution in [0.5, 0.6) is 5.75 Å². The predicted molar refractivity (Wildman–Crippen MR) is 85.4 cm³/mol. The van der Waals surface area contributed by atoms with Crippen LogP contribution >= 0.6 is 12.4 Å². The highest BCUT2D eigenvalue weighted by Gasteiger charge is 2.38. The van der Waals surface area contributed by atoms with Gasteiger partial charge in [-0.25, -0.2) is 0 Å². The van der Waals surface area contributed by atoms with Gasteiger partial charge in [0.05, 0.1) is 18.6 Å². The number of ether oxygens (including phenoxy) is 1. The van der Waals surface area contributed by atoms with E-state index in [4.69, 9.17) is 20.7 Å². The first-order valence-electron chi connectivity index (χ1n) is 7.21. The summed E-state index contributed by atoms with van der Waals surface area (Å²) in [6, 6.07) is 6.64. The van der Waals surface area contributed by atoms with Crippen LogP contribution in [-0.4, -0.2) is 22.7 Å². The number of amides is 1. The monoisotopic (exact) mass is 338 g/mol. The summed E-state index contributed by atoms with van der Waals surface area (Å²) >= 11 is 0. The molecule has 1 aromatic heterocycles. The van der Waals surface area contributed by atoms with Gasteiger partial charge < -0.3 is 20.7 Å². The van der Waals surface area contributed by atoms with Crippen molar-refractivity contribution in [3.63, 3.8) is 0 Å². The van der Waals surface area contributed by atoms with Gasteiger partial charge in [0.15, 0.2) is 5.82 Å². The Kier molecular flexibility index (Phi) is 5.23. The molecule has 1 aliphatic carbocycles. The van der Waals surface area contributed by atoms with Crippen LogP contribution in [0.2, 0.25) is 0 Å². The number of nitrogens with zero attached hydrogens (tertiary/aromatic N) is 2. The molecule has 3 rings (SSSR count). The number of hydrogen-bond acceptors (Lipinski definition) is 6. The highest BCUT2D eigenvalue weighted by molar-refractivity contribution is 5.92. The number of rotatable bonds is 6. The van der Waals surface area contributed by atoms with Crippen LogP contribution in [0.15, 0.2) is 28.8 Å². The topological polar surface area (TPSA) is 117 Å². The third-order valence-electron chi connectivity index (χ3n) is 3.88. The quantitative estimate of drug-likeness (QED) is 0.825. The number of primary amides is 1. The fourth-order valence-electron chi connectivity index (χ4n) is 2.31. The molecule has 7 nitrogen and oxygen atoms in total. The number of carbonyl (C=O) groups excluding carboxylic acids is 1. The predicted octanol–water partition coefficient (Wildman–Crippen LogP) is 1.55. The molecule has 0 spiro atoms. The van der Waals surface area contributed by atoms with Gasteiger partial charge in [-0.1, -0.05) is 5.16 Å². The number of benzene rings is 1. The number of nitrogens with two attached hydrogens (primary N) is 2. The highest BCUT2D eigenvalue weighted by atomic mass is 35.5. The molecule has 1 aromatic carbocycles. The summed E-state index contributed by atoms with van der Waals surface area (Å²) in [6.07, 6.45) is 3.40. The Bertz CT molecular complexity index is 668. The van der Waals surface area contributed by atoms with E-state index in [9.17, 15) is 4.79 Å². The maximum absolute atomic E-state index is 11.0. The summed E-state index contributed by atoms with van der Waals surface area (Å²) in [5.74, 6) is 1.29. The molecule has 1 aliphatic rings. The molecule has 124 valence electrons. The standard InChI is InChI=1S/C15H18N4O3.ClH/c16-13(20)10-2-4-11(5-3-10)21-9-6-12-18-14(19-22-12)15(17)7-1-8-15;/h2-5H,1,6-9,17H2,(H2,16,20);1H. The summed E-state index contributed by atoms with van der Waals surface area (Å²) in [7, 11) is 0. The SMILES string of the molecule is Cl.NC(=O)c1ccc(OCCc2nc(C3(N)CCC3)no2)cc1. The summed E-state index contributed by atoms with van der Waals surface area (Å²) in [6.45, 7) is 0.398. The van der Waals surface area contributed by atoms with Crippen LogP contribution in [-0.2, 0) is 12.0 Å². The highest BCUT2D eigenvalue weighted by Crippen LogP contribution is 2.36. The van der Waals surface area contributed by atoms with Crippen LogP contribution in [0.4, 0.5) is 0 Å². The molecule has 1 heterocycles. The zero-order valence-electron chi connectivity index (χ0n) is 12.5. The summed E-state index contributed by atoms with van der Waals surface area (Å²) < 4.78 is 10.8. The molecule has 0 unspecified atom stereocenters. The molecule has 0 bridgehead atoms. The van der Waals surface area contributed by atoms with Crippen molar-refractivity contribution in [1.82, 2.24) is 10.1 Å². The Balaban J connectivity index is 0.00000192. The lowest BCUT2D eigenvalue weighted by Crippen LogP contribution is -2.44. The second-order valence-electron chi connectivity index (χ2n) is 5.51. The van der Waals surface area contributed by atoms with Crippen molar-refractivity contribution in [2.45, 2.75) is 31.2 Å². The van der Waals surface area contributed by atoms with Crippen molar-refractivity contribution in [2.75, 3.05) is 6.61 Å². The van der Waals surface area contributed by atoms with Gasteiger partial charge in [0.1, 0.15) is 5.75 Å². The average Bonchev–Trinajstić information content (AvgIpc) is 2.94. The van der Waals surface area contributed by atoms with Gasteiger partial charge >= 0.3 is 0 Å². The maximum atomic E-state index is 11.0. The second-order valence-corrected chi connectivity index (χ2v) is 5.51. The van der Waals surface area contributed by atoms with E-state index >= 15 is 0 Å². The third kappa shape index (κ3) is 3.80. The molecular formula is C15H19ClN4O3. The smallest absolute Gasteiger partial charge is 0.248 e. The Labute approximate surface area is 139 Å². The molecule has 0 radical (unpaired) electrons. The molecular weight excluding hydrogens is 320 g/mol. The molecule has 2 aromatic rings. The normalized spacial score (nSPS) is 15.3. The third-order valence-corrected chi connectivity index (χ3v) is 3.88. The fourth-order valence-corrected chi connectivity index (χ4v) is 2.31. The lowest BCUT2D eigenvalue weighted by atomic mass is 9.77. The van der Waals surface area contributed by atoms with E-state index in [1.807, 2.05) is 0 Å². The molecule has 1 saturated carbocycles. The van der Waals surface area contributed by atoms with Crippen LogP contribution in [0.1, 0.15) is 41.3 Å². The van der Waals surface area contributed by atoms with Crippen molar-refractivity contribution < 1.29 is 14.1 Å². The van der Waals surface area contributed by atoms with Gasteiger partial charge in [-0.15, -0.1) is 12.4 Å². The van der Waals surface area contributed by atoms with E-state index in [2.05, 4.69) is 10.1 Å². The number of carbonyl (C=O) groups is 1. The molecule has 23 heavy (non-hydrogen) atoms. The minimum absolute atomic E-state index is 0. The van der Waals surface area contributed by atoms with E-state index < -0.39 is 11.4 Å². The van der Waals surface area contributed by atoms with E-state index in [1.165, 1.54) is 0 Å². The first-order valence-corrected chi connectivity index (χ1v) is 7.21. The van der Waals surface area contributed by atoms with Gasteiger partial charge in [-0.3, -0.25) is 4.79 Å². The van der Waals surface area contributed by atoms with Crippen LogP contribution in [0.3, 0.4) is 0 Å². The van der Waals surface area contributed by atoms with Crippen LogP contribution in [0, 0.1) is 0 Å². The Morgan fingerprint density at radius 1 is 1.30 bits per heavy atom. The first kappa shape index (κ1) is 17.2. The molecule has 1 amide bonds. The molecule has 0 aliphatic heterocycles.